The van der Waals surface area contributed by atoms with Gasteiger partial charge in [-0.05, 0) is 62.1 Å². The van der Waals surface area contributed by atoms with Gasteiger partial charge in [-0.3, -0.25) is 4.79 Å². The number of rotatable bonds is 12. The quantitative estimate of drug-likeness (QED) is 0.161. The average Bonchev–Trinajstić information content (AvgIpc) is 3.50. The highest BCUT2D eigenvalue weighted by Gasteiger charge is 2.35. The first-order chi connectivity index (χ1) is 18.7. The van der Waals surface area contributed by atoms with Crippen molar-refractivity contribution in [1.29, 1.82) is 0 Å². The number of hydrogen-bond donors (Lipinski definition) is 0. The molecule has 1 amide bonds. The number of unbranched alkanes of at least 4 members (excludes halogenated alkanes) is 1. The lowest BCUT2D eigenvalue weighted by atomic mass is 10.1. The number of amides is 1. The third-order valence-electron chi connectivity index (χ3n) is 7.00. The summed E-state index contributed by atoms with van der Waals surface area (Å²) < 4.78 is 14.2. The van der Waals surface area contributed by atoms with Gasteiger partial charge in [0.2, 0.25) is 5.91 Å². The Morgan fingerprint density at radius 1 is 0.974 bits per heavy atom. The topological polar surface area (TPSA) is 56.6 Å². The molecule has 0 bridgehead atoms. The molecule has 1 aliphatic heterocycles. The summed E-state index contributed by atoms with van der Waals surface area (Å²) in [6.45, 7) is 8.43. The summed E-state index contributed by atoms with van der Waals surface area (Å²) in [5.74, 6) is 2.78. The Balaban J connectivity index is 1.29. The van der Waals surface area contributed by atoms with Crippen molar-refractivity contribution in [2.45, 2.75) is 45.1 Å². The lowest BCUT2D eigenvalue weighted by molar-refractivity contribution is -0.117. The highest BCUT2D eigenvalue weighted by atomic mass is 16.5. The predicted octanol–water partition coefficient (Wildman–Crippen LogP) is 6.54. The molecule has 1 saturated heterocycles. The van der Waals surface area contributed by atoms with Gasteiger partial charge in [-0.25, -0.2) is 4.98 Å². The minimum atomic E-state index is 0.0200. The Hall–Kier alpha value is -4.06. The zero-order valence-corrected chi connectivity index (χ0v) is 22.0. The molecule has 2 heterocycles. The molecule has 3 aromatic carbocycles. The summed E-state index contributed by atoms with van der Waals surface area (Å²) in [5, 5.41) is 0. The van der Waals surface area contributed by atoms with Crippen molar-refractivity contribution in [2.24, 2.45) is 0 Å². The fraction of sp³-hybridized carbons (Fsp3) is 0.312. The summed E-state index contributed by atoms with van der Waals surface area (Å²) >= 11 is 0. The maximum absolute atomic E-state index is 13.2. The van der Waals surface area contributed by atoms with Crippen LogP contribution in [0.2, 0.25) is 0 Å². The number of anilines is 1. The summed E-state index contributed by atoms with van der Waals surface area (Å²) in [7, 11) is 0. The van der Waals surface area contributed by atoms with E-state index in [0.29, 0.717) is 26.2 Å². The number of para-hydroxylation sites is 5. The van der Waals surface area contributed by atoms with Crippen LogP contribution in [0.5, 0.6) is 11.5 Å². The number of nitrogens with zero attached hydrogens (tertiary/aromatic N) is 3. The van der Waals surface area contributed by atoms with E-state index in [1.165, 1.54) is 0 Å². The van der Waals surface area contributed by atoms with Crippen LogP contribution in [0.1, 0.15) is 43.5 Å². The molecule has 0 spiro atoms. The van der Waals surface area contributed by atoms with E-state index in [9.17, 15) is 4.79 Å². The monoisotopic (exact) mass is 509 g/mol. The molecule has 6 heteroatoms. The number of ether oxygens (including phenoxy) is 2. The first kappa shape index (κ1) is 25.6. The number of benzene rings is 3. The second kappa shape index (κ2) is 12.0. The SMILES string of the molecule is C=CCc1ccccc1OCCCCn1c(C2CC(=O)N(c3ccccc3OCC)C2)nc2ccccc21. The van der Waals surface area contributed by atoms with Gasteiger partial charge in [-0.15, -0.1) is 6.58 Å². The third-order valence-corrected chi connectivity index (χ3v) is 7.00. The summed E-state index contributed by atoms with van der Waals surface area (Å²) in [6.07, 6.45) is 5.01. The number of fused-ring (bicyclic) bond motifs is 1. The van der Waals surface area contributed by atoms with Crippen molar-refractivity contribution in [3.05, 3.63) is 96.8 Å². The van der Waals surface area contributed by atoms with Gasteiger partial charge < -0.3 is 18.9 Å². The van der Waals surface area contributed by atoms with E-state index in [0.717, 1.165) is 65.4 Å². The van der Waals surface area contributed by atoms with E-state index < -0.39 is 0 Å². The van der Waals surface area contributed by atoms with Crippen LogP contribution in [-0.4, -0.2) is 35.2 Å². The minimum Gasteiger partial charge on any atom is -0.493 e. The second-order valence-corrected chi connectivity index (χ2v) is 9.57. The average molecular weight is 510 g/mol. The molecule has 0 saturated carbocycles. The number of carbonyl (C=O) groups excluding carboxylic acids is 1. The van der Waals surface area contributed by atoms with E-state index in [-0.39, 0.29) is 11.8 Å². The van der Waals surface area contributed by atoms with Crippen LogP contribution in [0.25, 0.3) is 11.0 Å². The standard InChI is InChI=1S/C32H35N3O3/c1-3-13-24-14-5-9-18-29(24)38-21-12-11-20-34-27-16-7-6-15-26(27)33-32(34)25-22-31(36)35(23-25)28-17-8-10-19-30(28)37-4-2/h3,5-10,14-19,25H,1,4,11-13,20-23H2,2H3. The van der Waals surface area contributed by atoms with Crippen molar-refractivity contribution in [3.8, 4) is 11.5 Å². The number of aryl methyl sites for hydroxylation is 1. The molecule has 1 aliphatic rings. The number of imidazole rings is 1. The van der Waals surface area contributed by atoms with E-state index in [2.05, 4.69) is 23.3 Å². The van der Waals surface area contributed by atoms with Gasteiger partial charge in [0.15, 0.2) is 0 Å². The molecular weight excluding hydrogens is 474 g/mol. The van der Waals surface area contributed by atoms with Gasteiger partial charge in [-0.2, -0.15) is 0 Å². The Morgan fingerprint density at radius 3 is 2.58 bits per heavy atom. The fourth-order valence-corrected chi connectivity index (χ4v) is 5.23. The van der Waals surface area contributed by atoms with E-state index in [1.807, 2.05) is 78.6 Å². The van der Waals surface area contributed by atoms with Crippen LogP contribution in [0, 0.1) is 0 Å². The zero-order valence-electron chi connectivity index (χ0n) is 22.0. The fourth-order valence-electron chi connectivity index (χ4n) is 5.23. The molecule has 0 aliphatic carbocycles. The first-order valence-corrected chi connectivity index (χ1v) is 13.5. The van der Waals surface area contributed by atoms with Gasteiger partial charge in [0.1, 0.15) is 17.3 Å². The molecule has 6 nitrogen and oxygen atoms in total. The van der Waals surface area contributed by atoms with Crippen LogP contribution < -0.4 is 14.4 Å². The summed E-state index contributed by atoms with van der Waals surface area (Å²) in [6, 6.07) is 24.1. The Labute approximate surface area is 224 Å². The van der Waals surface area contributed by atoms with E-state index >= 15 is 0 Å². The maximum atomic E-state index is 13.2. The smallest absolute Gasteiger partial charge is 0.227 e. The normalized spacial score (nSPS) is 15.2. The van der Waals surface area contributed by atoms with Crippen LogP contribution in [0.3, 0.4) is 0 Å². The van der Waals surface area contributed by atoms with Crippen LogP contribution in [-0.2, 0) is 17.8 Å². The first-order valence-electron chi connectivity index (χ1n) is 13.5. The minimum absolute atomic E-state index is 0.0200. The molecular formula is C32H35N3O3. The van der Waals surface area contributed by atoms with Gasteiger partial charge in [0, 0.05) is 25.4 Å². The van der Waals surface area contributed by atoms with E-state index in [1.54, 1.807) is 0 Å². The van der Waals surface area contributed by atoms with E-state index in [4.69, 9.17) is 14.5 Å². The lowest BCUT2D eigenvalue weighted by Crippen LogP contribution is -2.25. The molecule has 1 atom stereocenters. The Kier molecular flexibility index (Phi) is 8.07. The Morgan fingerprint density at radius 2 is 1.74 bits per heavy atom. The van der Waals surface area contributed by atoms with Crippen molar-refractivity contribution in [3.63, 3.8) is 0 Å². The second-order valence-electron chi connectivity index (χ2n) is 9.57. The summed E-state index contributed by atoms with van der Waals surface area (Å²) in [5.41, 5.74) is 4.07. The molecule has 1 aromatic heterocycles. The molecule has 196 valence electrons. The van der Waals surface area contributed by atoms with Crippen LogP contribution in [0.15, 0.2) is 85.5 Å². The summed E-state index contributed by atoms with van der Waals surface area (Å²) in [4.78, 5) is 20.0. The highest BCUT2D eigenvalue weighted by molar-refractivity contribution is 5.97. The van der Waals surface area contributed by atoms with Gasteiger partial charge in [0.25, 0.3) is 0 Å². The molecule has 1 unspecified atom stereocenters. The molecule has 38 heavy (non-hydrogen) atoms. The van der Waals surface area contributed by atoms with Crippen molar-refractivity contribution < 1.29 is 14.3 Å². The number of aromatic nitrogens is 2. The van der Waals surface area contributed by atoms with Crippen molar-refractivity contribution in [2.75, 3.05) is 24.7 Å². The number of allylic oxidation sites excluding steroid dienone is 1. The molecule has 4 aromatic rings. The van der Waals surface area contributed by atoms with Crippen LogP contribution >= 0.6 is 0 Å². The van der Waals surface area contributed by atoms with Crippen LogP contribution in [0.4, 0.5) is 5.69 Å². The molecule has 5 rings (SSSR count). The third kappa shape index (κ3) is 5.44. The molecule has 1 fully saturated rings. The highest BCUT2D eigenvalue weighted by Crippen LogP contribution is 2.37. The van der Waals surface area contributed by atoms with Gasteiger partial charge in [-0.1, -0.05) is 48.5 Å². The predicted molar refractivity (Wildman–Crippen MR) is 152 cm³/mol. The van der Waals surface area contributed by atoms with Crippen molar-refractivity contribution >= 4 is 22.6 Å². The molecule has 0 radical (unpaired) electrons. The van der Waals surface area contributed by atoms with Gasteiger partial charge >= 0.3 is 0 Å². The molecule has 0 N–H and O–H groups in total. The Bertz CT molecular complexity index is 1410. The maximum Gasteiger partial charge on any atom is 0.227 e. The number of hydrogen-bond acceptors (Lipinski definition) is 4. The van der Waals surface area contributed by atoms with Gasteiger partial charge in [0.05, 0.1) is 29.9 Å². The largest absolute Gasteiger partial charge is 0.493 e. The number of carbonyl (C=O) groups is 1. The lowest BCUT2D eigenvalue weighted by Gasteiger charge is -2.20. The van der Waals surface area contributed by atoms with Crippen molar-refractivity contribution in [1.82, 2.24) is 9.55 Å². The zero-order chi connectivity index (χ0) is 26.3.